The Kier molecular flexibility index (Phi) is 8.33. The quantitative estimate of drug-likeness (QED) is 0.181. The maximum atomic E-state index is 11.4. The summed E-state index contributed by atoms with van der Waals surface area (Å²) in [7, 11) is 0. The van der Waals surface area contributed by atoms with Crippen molar-refractivity contribution in [2.75, 3.05) is 0 Å². The molecule has 0 amide bonds. The van der Waals surface area contributed by atoms with Crippen LogP contribution in [0.3, 0.4) is 0 Å². The van der Waals surface area contributed by atoms with E-state index >= 15 is 0 Å². The third-order valence-electron chi connectivity index (χ3n) is 6.32. The summed E-state index contributed by atoms with van der Waals surface area (Å²) < 4.78 is 1.03. The summed E-state index contributed by atoms with van der Waals surface area (Å²) in [6.45, 7) is 13.5. The molecule has 4 aromatic rings. The lowest BCUT2D eigenvalue weighted by molar-refractivity contribution is 0.198. The average Bonchev–Trinajstić information content (AvgIpc) is 2.84. The number of pyridine rings is 1. The Morgan fingerprint density at radius 3 is 2.00 bits per heavy atom. The molecule has 3 aromatic carbocycles. The lowest BCUT2D eigenvalue weighted by atomic mass is 9.93. The highest BCUT2D eigenvalue weighted by Crippen LogP contribution is 2.40. The minimum Gasteiger partial charge on any atom is -0.508 e. The Morgan fingerprint density at radius 2 is 1.38 bits per heavy atom. The minimum absolute atomic E-state index is 0.149. The number of nitrogens with zero attached hydrogens (tertiary/aromatic N) is 2. The predicted octanol–water partition coefficient (Wildman–Crippen LogP) is 7.57. The number of fused-ring (bicyclic) bond motifs is 1. The second-order valence-corrected chi connectivity index (χ2v) is 12.7. The highest BCUT2D eigenvalue weighted by Gasteiger charge is 2.22. The van der Waals surface area contributed by atoms with Crippen LogP contribution in [0.1, 0.15) is 52.7 Å². The lowest BCUT2D eigenvalue weighted by Gasteiger charge is -2.26. The summed E-state index contributed by atoms with van der Waals surface area (Å²) in [4.78, 5) is 5.17. The van der Waals surface area contributed by atoms with Crippen LogP contribution in [0.25, 0.3) is 22.0 Å². The molecule has 0 saturated heterocycles. The second kappa shape index (κ2) is 11.2. The summed E-state index contributed by atoms with van der Waals surface area (Å²) in [5, 5.41) is 31.5. The van der Waals surface area contributed by atoms with E-state index in [2.05, 4.69) is 52.2 Å². The summed E-state index contributed by atoms with van der Waals surface area (Å²) in [5.41, 5.74) is 4.28. The molecule has 206 valence electrons. The molecular weight excluding hydrogens is 531 g/mol. The van der Waals surface area contributed by atoms with E-state index in [-0.39, 0.29) is 16.8 Å². The van der Waals surface area contributed by atoms with E-state index in [9.17, 15) is 10.3 Å². The van der Waals surface area contributed by atoms with Gasteiger partial charge in [-0.1, -0.05) is 35.3 Å². The molecule has 0 saturated carbocycles. The molecule has 4 rings (SSSR count). The summed E-state index contributed by atoms with van der Waals surface area (Å²) >= 11 is 12.4. The van der Waals surface area contributed by atoms with Gasteiger partial charge in [-0.05, 0) is 95.1 Å². The molecule has 0 spiro atoms. The van der Waals surface area contributed by atoms with Gasteiger partial charge in [-0.3, -0.25) is 0 Å². The van der Waals surface area contributed by atoms with Gasteiger partial charge in [0.05, 0.1) is 16.6 Å². The topological polar surface area (TPSA) is 81.8 Å². The molecule has 1 aromatic heterocycles. The van der Waals surface area contributed by atoms with Gasteiger partial charge in [-0.25, -0.2) is 4.99 Å². The molecule has 8 heteroatoms. The number of hydrogen-bond donors (Lipinski definition) is 4. The van der Waals surface area contributed by atoms with Crippen LogP contribution in [0.5, 0.6) is 5.75 Å². The van der Waals surface area contributed by atoms with Crippen molar-refractivity contribution < 1.29 is 10.3 Å². The van der Waals surface area contributed by atoms with Crippen LogP contribution in [0.2, 0.25) is 10.0 Å². The van der Waals surface area contributed by atoms with Crippen molar-refractivity contribution in [3.8, 4) is 16.9 Å². The third kappa shape index (κ3) is 7.14. The number of aromatic hydroxyl groups is 1. The highest BCUT2D eigenvalue weighted by atomic mass is 35.5. The molecule has 6 nitrogen and oxygen atoms in total. The molecule has 0 unspecified atom stereocenters. The number of halogens is 2. The van der Waals surface area contributed by atoms with Crippen LogP contribution in [0.15, 0.2) is 65.8 Å². The fourth-order valence-electron chi connectivity index (χ4n) is 4.26. The molecule has 0 aliphatic carbocycles. The van der Waals surface area contributed by atoms with Gasteiger partial charge in [0.15, 0.2) is 0 Å². The largest absolute Gasteiger partial charge is 0.508 e. The lowest BCUT2D eigenvalue weighted by Crippen LogP contribution is -2.36. The van der Waals surface area contributed by atoms with Crippen molar-refractivity contribution in [3.05, 3.63) is 87.3 Å². The van der Waals surface area contributed by atoms with Crippen LogP contribution in [-0.4, -0.2) is 26.1 Å². The zero-order valence-electron chi connectivity index (χ0n) is 23.2. The summed E-state index contributed by atoms with van der Waals surface area (Å²) in [5.74, 6) is 0.149. The molecule has 0 aliphatic rings. The number of benzene rings is 3. The van der Waals surface area contributed by atoms with Gasteiger partial charge in [0.2, 0.25) is 0 Å². The van der Waals surface area contributed by atoms with Crippen molar-refractivity contribution in [1.29, 1.82) is 0 Å². The van der Waals surface area contributed by atoms with Crippen LogP contribution < -0.4 is 16.0 Å². The first-order valence-electron chi connectivity index (χ1n) is 12.9. The molecule has 39 heavy (non-hydrogen) atoms. The number of nitrogens with one attached hydrogen (secondary N) is 2. The standard InChI is InChI=1S/C31H36Cl2N4O2/c1-30(2,3)34-17-24-23(19-7-9-20(32)10-8-19)16-28(38)25(18-35-31(4,5)6)29(24)36-26-13-14-37(39)27-15-21(33)11-12-22(26)27/h7-16,34-35,38-39H,17-18H2,1-6H3. The number of rotatable bonds is 6. The van der Waals surface area contributed by atoms with Gasteiger partial charge >= 0.3 is 0 Å². The molecule has 0 bridgehead atoms. The SMILES string of the molecule is CC(C)(C)NCc1c(O)cc(-c2ccc(Cl)cc2)c(CNC(C)(C)C)c1N=c1ccn(O)c2cc(Cl)ccc12. The van der Waals surface area contributed by atoms with Gasteiger partial charge in [0.1, 0.15) is 5.75 Å². The first-order valence-corrected chi connectivity index (χ1v) is 13.7. The Hall–Kier alpha value is -3.03. The van der Waals surface area contributed by atoms with E-state index in [1.54, 1.807) is 24.4 Å². The van der Waals surface area contributed by atoms with Crippen molar-refractivity contribution in [1.82, 2.24) is 15.4 Å². The first kappa shape index (κ1) is 29.0. The molecule has 0 atom stereocenters. The molecule has 0 aliphatic heterocycles. The normalized spacial score (nSPS) is 12.9. The van der Waals surface area contributed by atoms with Crippen LogP contribution >= 0.6 is 23.2 Å². The zero-order chi connectivity index (χ0) is 28.5. The third-order valence-corrected chi connectivity index (χ3v) is 6.81. The predicted molar refractivity (Wildman–Crippen MR) is 161 cm³/mol. The summed E-state index contributed by atoms with van der Waals surface area (Å²) in [6.07, 6.45) is 1.54. The van der Waals surface area contributed by atoms with E-state index in [1.807, 2.05) is 36.4 Å². The smallest absolute Gasteiger partial charge is 0.122 e. The molecule has 0 fully saturated rings. The molecule has 4 N–H and O–H groups in total. The number of phenols is 1. The fourth-order valence-corrected chi connectivity index (χ4v) is 4.56. The van der Waals surface area contributed by atoms with Gasteiger partial charge < -0.3 is 20.9 Å². The van der Waals surface area contributed by atoms with Gasteiger partial charge in [0, 0.05) is 56.9 Å². The van der Waals surface area contributed by atoms with E-state index in [4.69, 9.17) is 28.2 Å². The number of aromatic nitrogens is 1. The van der Waals surface area contributed by atoms with Crippen molar-refractivity contribution in [2.24, 2.45) is 4.99 Å². The molecule has 0 radical (unpaired) electrons. The Labute approximate surface area is 239 Å². The van der Waals surface area contributed by atoms with E-state index < -0.39 is 0 Å². The fraction of sp³-hybridized carbons (Fsp3) is 0.323. The monoisotopic (exact) mass is 566 g/mol. The Morgan fingerprint density at radius 1 is 0.795 bits per heavy atom. The van der Waals surface area contributed by atoms with Crippen molar-refractivity contribution in [2.45, 2.75) is 65.7 Å². The van der Waals surface area contributed by atoms with Gasteiger partial charge in [-0.2, -0.15) is 4.73 Å². The minimum atomic E-state index is -0.180. The maximum Gasteiger partial charge on any atom is 0.122 e. The van der Waals surface area contributed by atoms with Crippen molar-refractivity contribution >= 4 is 39.8 Å². The average molecular weight is 568 g/mol. The number of hydrogen-bond acceptors (Lipinski definition) is 5. The number of phenolic OH excluding ortho intramolecular Hbond substituents is 1. The van der Waals surface area contributed by atoms with Crippen LogP contribution in [0, 0.1) is 0 Å². The van der Waals surface area contributed by atoms with Gasteiger partial charge in [0.25, 0.3) is 0 Å². The van der Waals surface area contributed by atoms with Crippen LogP contribution in [-0.2, 0) is 13.1 Å². The molecule has 1 heterocycles. The maximum absolute atomic E-state index is 11.4. The van der Waals surface area contributed by atoms with E-state index in [0.717, 1.165) is 26.8 Å². The Bertz CT molecular complexity index is 1560. The first-order chi connectivity index (χ1) is 18.2. The van der Waals surface area contributed by atoms with Crippen molar-refractivity contribution in [3.63, 3.8) is 0 Å². The summed E-state index contributed by atoms with van der Waals surface area (Å²) in [6, 6.07) is 16.5. The Balaban J connectivity index is 2.07. The zero-order valence-corrected chi connectivity index (χ0v) is 24.7. The molecular formula is C31H36Cl2N4O2. The van der Waals surface area contributed by atoms with Gasteiger partial charge in [-0.15, -0.1) is 0 Å². The second-order valence-electron chi connectivity index (χ2n) is 11.8. The van der Waals surface area contributed by atoms with E-state index in [0.29, 0.717) is 45.3 Å². The van der Waals surface area contributed by atoms with Crippen LogP contribution in [0.4, 0.5) is 5.69 Å². The van der Waals surface area contributed by atoms with E-state index in [1.165, 1.54) is 0 Å². The highest BCUT2D eigenvalue weighted by molar-refractivity contribution is 6.31.